The van der Waals surface area contributed by atoms with E-state index in [0.717, 1.165) is 12.8 Å². The van der Waals surface area contributed by atoms with Gasteiger partial charge in [0.15, 0.2) is 0 Å². The maximum atomic E-state index is 13.1. The molecule has 0 spiro atoms. The second kappa shape index (κ2) is 6.15. The molecule has 1 N–H and O–H groups in total. The molecular formula is C14H18F3NO2. The summed E-state index contributed by atoms with van der Waals surface area (Å²) < 4.78 is 39.2. The molecule has 0 radical (unpaired) electrons. The lowest BCUT2D eigenvalue weighted by atomic mass is 10.0. The summed E-state index contributed by atoms with van der Waals surface area (Å²) in [4.78, 5) is 12.4. The van der Waals surface area contributed by atoms with Gasteiger partial charge in [-0.15, -0.1) is 0 Å². The number of hydrogen-bond donors (Lipinski definition) is 1. The minimum atomic E-state index is -4.58. The molecule has 0 aliphatic heterocycles. The van der Waals surface area contributed by atoms with Crippen molar-refractivity contribution in [1.29, 1.82) is 0 Å². The van der Waals surface area contributed by atoms with E-state index in [1.54, 1.807) is 7.05 Å². The third-order valence-electron chi connectivity index (χ3n) is 3.30. The van der Waals surface area contributed by atoms with Gasteiger partial charge in [0.05, 0.1) is 11.1 Å². The molecule has 0 aliphatic rings. The molecule has 0 fully saturated rings. The molecule has 0 aromatic heterocycles. The molecule has 0 saturated carbocycles. The molecule has 1 aromatic rings. The van der Waals surface area contributed by atoms with Gasteiger partial charge in [0, 0.05) is 18.8 Å². The number of anilines is 1. The summed E-state index contributed by atoms with van der Waals surface area (Å²) in [7, 11) is 1.59. The number of carboxylic acid groups (broad SMARTS) is 1. The second-order valence-corrected chi connectivity index (χ2v) is 4.78. The van der Waals surface area contributed by atoms with Crippen LogP contribution in [0.1, 0.15) is 42.6 Å². The summed E-state index contributed by atoms with van der Waals surface area (Å²) in [5.41, 5.74) is -1.27. The Kier molecular flexibility index (Phi) is 5.03. The molecule has 0 aliphatic carbocycles. The first-order chi connectivity index (χ1) is 9.18. The van der Waals surface area contributed by atoms with Crippen LogP contribution in [0.2, 0.25) is 0 Å². The highest BCUT2D eigenvalue weighted by Gasteiger charge is 2.35. The van der Waals surface area contributed by atoms with Crippen molar-refractivity contribution in [2.75, 3.05) is 11.9 Å². The van der Waals surface area contributed by atoms with Gasteiger partial charge in [-0.05, 0) is 31.5 Å². The maximum absolute atomic E-state index is 13.1. The minimum absolute atomic E-state index is 0.00319. The molecule has 1 atom stereocenters. The molecule has 1 unspecified atom stereocenters. The first kappa shape index (κ1) is 16.3. The first-order valence-corrected chi connectivity index (χ1v) is 6.35. The lowest BCUT2D eigenvalue weighted by molar-refractivity contribution is -0.137. The van der Waals surface area contributed by atoms with Crippen molar-refractivity contribution in [2.45, 2.75) is 38.9 Å². The average Bonchev–Trinajstić information content (AvgIpc) is 2.36. The fourth-order valence-corrected chi connectivity index (χ4v) is 2.05. The summed E-state index contributed by atoms with van der Waals surface area (Å²) >= 11 is 0. The predicted octanol–water partition coefficient (Wildman–Crippen LogP) is 4.03. The smallest absolute Gasteiger partial charge is 0.418 e. The highest BCUT2D eigenvalue weighted by Crippen LogP contribution is 2.37. The number of carbonyl (C=O) groups is 1. The van der Waals surface area contributed by atoms with Crippen LogP contribution in [-0.4, -0.2) is 24.2 Å². The van der Waals surface area contributed by atoms with Gasteiger partial charge in [-0.1, -0.05) is 13.3 Å². The van der Waals surface area contributed by atoms with Gasteiger partial charge in [0.25, 0.3) is 0 Å². The molecule has 1 rings (SSSR count). The maximum Gasteiger partial charge on any atom is 0.418 e. The number of benzene rings is 1. The molecule has 0 heterocycles. The highest BCUT2D eigenvalue weighted by atomic mass is 19.4. The normalized spacial score (nSPS) is 13.1. The predicted molar refractivity (Wildman–Crippen MR) is 71.2 cm³/mol. The Labute approximate surface area is 116 Å². The van der Waals surface area contributed by atoms with Crippen molar-refractivity contribution in [3.05, 3.63) is 29.3 Å². The minimum Gasteiger partial charge on any atom is -0.478 e. The quantitative estimate of drug-likeness (QED) is 0.889. The lowest BCUT2D eigenvalue weighted by Crippen LogP contribution is -2.30. The van der Waals surface area contributed by atoms with Gasteiger partial charge >= 0.3 is 12.1 Å². The van der Waals surface area contributed by atoms with E-state index in [1.807, 2.05) is 13.8 Å². The summed E-state index contributed by atoms with van der Waals surface area (Å²) in [5.74, 6) is -1.37. The largest absolute Gasteiger partial charge is 0.478 e. The van der Waals surface area contributed by atoms with Crippen LogP contribution >= 0.6 is 0 Å². The molecule has 3 nitrogen and oxygen atoms in total. The van der Waals surface area contributed by atoms with Gasteiger partial charge in [0.2, 0.25) is 0 Å². The number of hydrogen-bond acceptors (Lipinski definition) is 2. The van der Waals surface area contributed by atoms with E-state index in [0.29, 0.717) is 6.07 Å². The molecule has 0 amide bonds. The van der Waals surface area contributed by atoms with Crippen molar-refractivity contribution >= 4 is 11.7 Å². The van der Waals surface area contributed by atoms with Crippen LogP contribution < -0.4 is 4.90 Å². The number of rotatable bonds is 5. The average molecular weight is 289 g/mol. The van der Waals surface area contributed by atoms with Crippen LogP contribution in [0.4, 0.5) is 18.9 Å². The van der Waals surface area contributed by atoms with Crippen molar-refractivity contribution in [3.63, 3.8) is 0 Å². The second-order valence-electron chi connectivity index (χ2n) is 4.78. The topological polar surface area (TPSA) is 40.5 Å². The number of nitrogens with zero attached hydrogens (tertiary/aromatic N) is 1. The van der Waals surface area contributed by atoms with Crippen LogP contribution in [0.5, 0.6) is 0 Å². The van der Waals surface area contributed by atoms with Crippen molar-refractivity contribution in [2.24, 2.45) is 0 Å². The summed E-state index contributed by atoms with van der Waals surface area (Å²) in [5, 5.41) is 8.82. The third-order valence-corrected chi connectivity index (χ3v) is 3.30. The Hall–Kier alpha value is -1.72. The number of alkyl halides is 3. The molecule has 0 saturated heterocycles. The summed E-state index contributed by atoms with van der Waals surface area (Å²) in [6, 6.07) is 3.05. The molecule has 6 heteroatoms. The number of aromatic carboxylic acids is 1. The molecule has 20 heavy (non-hydrogen) atoms. The van der Waals surface area contributed by atoms with Crippen molar-refractivity contribution in [3.8, 4) is 0 Å². The van der Waals surface area contributed by atoms with Crippen LogP contribution in [0.25, 0.3) is 0 Å². The van der Waals surface area contributed by atoms with Gasteiger partial charge in [-0.3, -0.25) is 0 Å². The molecular weight excluding hydrogens is 271 g/mol. The van der Waals surface area contributed by atoms with E-state index in [-0.39, 0.29) is 17.3 Å². The summed E-state index contributed by atoms with van der Waals surface area (Å²) in [6.07, 6.45) is -2.96. The Morgan fingerprint density at radius 1 is 1.40 bits per heavy atom. The van der Waals surface area contributed by atoms with Gasteiger partial charge in [-0.2, -0.15) is 13.2 Å². The fraction of sp³-hybridized carbons (Fsp3) is 0.500. The van der Waals surface area contributed by atoms with E-state index in [2.05, 4.69) is 0 Å². The third kappa shape index (κ3) is 3.65. The van der Waals surface area contributed by atoms with Crippen LogP contribution in [-0.2, 0) is 6.18 Å². The van der Waals surface area contributed by atoms with E-state index < -0.39 is 17.7 Å². The van der Waals surface area contributed by atoms with E-state index in [9.17, 15) is 18.0 Å². The van der Waals surface area contributed by atoms with Gasteiger partial charge < -0.3 is 10.0 Å². The van der Waals surface area contributed by atoms with Crippen molar-refractivity contribution < 1.29 is 23.1 Å². The highest BCUT2D eigenvalue weighted by molar-refractivity contribution is 5.88. The van der Waals surface area contributed by atoms with E-state index in [1.165, 1.54) is 17.0 Å². The van der Waals surface area contributed by atoms with Crippen LogP contribution in [0.15, 0.2) is 18.2 Å². The van der Waals surface area contributed by atoms with Crippen LogP contribution in [0, 0.1) is 0 Å². The Bertz CT molecular complexity index is 486. The number of carboxylic acids is 1. The molecule has 1 aromatic carbocycles. The zero-order valence-electron chi connectivity index (χ0n) is 11.7. The Morgan fingerprint density at radius 3 is 2.45 bits per heavy atom. The van der Waals surface area contributed by atoms with Crippen molar-refractivity contribution in [1.82, 2.24) is 0 Å². The van der Waals surface area contributed by atoms with Gasteiger partial charge in [0.1, 0.15) is 0 Å². The molecule has 112 valence electrons. The first-order valence-electron chi connectivity index (χ1n) is 6.35. The zero-order valence-corrected chi connectivity index (χ0v) is 11.7. The van der Waals surface area contributed by atoms with Crippen LogP contribution in [0.3, 0.4) is 0 Å². The fourth-order valence-electron chi connectivity index (χ4n) is 2.05. The van der Waals surface area contributed by atoms with E-state index >= 15 is 0 Å². The standard InChI is InChI=1S/C14H18F3NO2/c1-4-5-9(2)18(3)12-7-6-10(13(19)20)8-11(12)14(15,16)17/h6-9H,4-5H2,1-3H3,(H,19,20). The zero-order chi connectivity index (χ0) is 15.5. The van der Waals surface area contributed by atoms with E-state index in [4.69, 9.17) is 5.11 Å². The molecule has 0 bridgehead atoms. The SMILES string of the molecule is CCCC(C)N(C)c1ccc(C(=O)O)cc1C(F)(F)F. The summed E-state index contributed by atoms with van der Waals surface area (Å²) in [6.45, 7) is 3.80. The Morgan fingerprint density at radius 2 is 2.00 bits per heavy atom. The lowest BCUT2D eigenvalue weighted by Gasteiger charge is -2.29. The van der Waals surface area contributed by atoms with Gasteiger partial charge in [-0.25, -0.2) is 4.79 Å². The monoisotopic (exact) mass is 289 g/mol. The Balaban J connectivity index is 3.28. The number of halogens is 3.